The van der Waals surface area contributed by atoms with E-state index in [2.05, 4.69) is 11.3 Å². The third kappa shape index (κ3) is 3.30. The summed E-state index contributed by atoms with van der Waals surface area (Å²) in [4.78, 5) is 9.64. The van der Waals surface area contributed by atoms with E-state index in [1.54, 1.807) is 0 Å². The summed E-state index contributed by atoms with van der Waals surface area (Å²) in [5.41, 5.74) is -1.08. The maximum absolute atomic E-state index is 14.2. The standard InChI is InChI=1S/C13H13F3O5S/c1-5(2)7-8(14)12(22(18,19)20)10(16)9(15)11(7)21-13(17)6(3)4/h6H,1H2,2-4H3,(H,18,19,20). The Balaban J connectivity index is 3.80. The number of carbonyl (C=O) groups is 1. The largest absolute Gasteiger partial charge is 0.422 e. The number of esters is 1. The van der Waals surface area contributed by atoms with E-state index in [1.807, 2.05) is 0 Å². The molecule has 22 heavy (non-hydrogen) atoms. The first kappa shape index (κ1) is 18.2. The first-order valence-corrected chi connectivity index (χ1v) is 7.39. The average molecular weight is 338 g/mol. The van der Waals surface area contributed by atoms with Gasteiger partial charge in [0, 0.05) is 0 Å². The number of hydrogen-bond donors (Lipinski definition) is 1. The van der Waals surface area contributed by atoms with E-state index in [4.69, 9.17) is 4.55 Å². The van der Waals surface area contributed by atoms with E-state index >= 15 is 0 Å². The highest BCUT2D eigenvalue weighted by molar-refractivity contribution is 7.85. The van der Waals surface area contributed by atoms with Crippen molar-refractivity contribution >= 4 is 21.7 Å². The Bertz CT molecular complexity index is 754. The van der Waals surface area contributed by atoms with Gasteiger partial charge in [-0.25, -0.2) is 8.78 Å². The highest BCUT2D eigenvalue weighted by Crippen LogP contribution is 2.37. The zero-order valence-electron chi connectivity index (χ0n) is 11.9. The van der Waals surface area contributed by atoms with Crippen LogP contribution in [0.25, 0.3) is 5.57 Å². The van der Waals surface area contributed by atoms with Crippen LogP contribution in [0.3, 0.4) is 0 Å². The summed E-state index contributed by atoms with van der Waals surface area (Å²) in [5.74, 6) is -8.73. The minimum Gasteiger partial charge on any atom is -0.422 e. The lowest BCUT2D eigenvalue weighted by molar-refractivity contribution is -0.138. The number of benzene rings is 1. The molecule has 0 spiro atoms. The Morgan fingerprint density at radius 2 is 1.68 bits per heavy atom. The second-order valence-electron chi connectivity index (χ2n) is 4.81. The Morgan fingerprint density at radius 1 is 1.18 bits per heavy atom. The van der Waals surface area contributed by atoms with Crippen molar-refractivity contribution in [3.63, 3.8) is 0 Å². The van der Waals surface area contributed by atoms with E-state index in [-0.39, 0.29) is 5.57 Å². The van der Waals surface area contributed by atoms with E-state index in [9.17, 15) is 26.4 Å². The molecule has 1 rings (SSSR count). The summed E-state index contributed by atoms with van der Waals surface area (Å²) in [6, 6.07) is 0. The van der Waals surface area contributed by atoms with Crippen LogP contribution >= 0.6 is 0 Å². The van der Waals surface area contributed by atoms with Gasteiger partial charge in [-0.2, -0.15) is 12.8 Å². The molecule has 0 saturated carbocycles. The molecule has 9 heteroatoms. The summed E-state index contributed by atoms with van der Waals surface area (Å²) < 4.78 is 77.4. The minimum atomic E-state index is -5.38. The van der Waals surface area contributed by atoms with E-state index in [0.29, 0.717) is 0 Å². The number of ether oxygens (including phenoxy) is 1. The predicted molar refractivity (Wildman–Crippen MR) is 71.3 cm³/mol. The smallest absolute Gasteiger partial charge is 0.313 e. The summed E-state index contributed by atoms with van der Waals surface area (Å²) in [6.45, 7) is 7.26. The van der Waals surface area contributed by atoms with Crippen molar-refractivity contribution in [2.75, 3.05) is 0 Å². The fourth-order valence-electron chi connectivity index (χ4n) is 1.54. The maximum atomic E-state index is 14.2. The van der Waals surface area contributed by atoms with Crippen LogP contribution in [-0.2, 0) is 14.9 Å². The molecule has 1 N–H and O–H groups in total. The van der Waals surface area contributed by atoms with E-state index < -0.39 is 55.7 Å². The van der Waals surface area contributed by atoms with Gasteiger partial charge in [-0.15, -0.1) is 0 Å². The molecule has 0 atom stereocenters. The minimum absolute atomic E-state index is 0.229. The molecular weight excluding hydrogens is 325 g/mol. The van der Waals surface area contributed by atoms with Crippen molar-refractivity contribution in [1.29, 1.82) is 0 Å². The molecule has 1 aromatic rings. The van der Waals surface area contributed by atoms with Crippen LogP contribution in [0.1, 0.15) is 26.3 Å². The Kier molecular flexibility index (Phi) is 5.03. The molecule has 1 aromatic carbocycles. The number of allylic oxidation sites excluding steroid dienone is 1. The summed E-state index contributed by atoms with van der Waals surface area (Å²) >= 11 is 0. The van der Waals surface area contributed by atoms with Crippen LogP contribution in [0.5, 0.6) is 5.75 Å². The summed E-state index contributed by atoms with van der Waals surface area (Å²) in [6.07, 6.45) is 0. The maximum Gasteiger partial charge on any atom is 0.313 e. The van der Waals surface area contributed by atoms with Crippen LogP contribution in [-0.4, -0.2) is 18.9 Å². The van der Waals surface area contributed by atoms with Crippen molar-refractivity contribution in [3.8, 4) is 5.75 Å². The summed E-state index contributed by atoms with van der Waals surface area (Å²) in [7, 11) is -5.38. The molecule has 0 aliphatic rings. The molecule has 0 heterocycles. The predicted octanol–water partition coefficient (Wildman–Crippen LogP) is 2.95. The highest BCUT2D eigenvalue weighted by Gasteiger charge is 2.33. The zero-order valence-corrected chi connectivity index (χ0v) is 12.7. The van der Waals surface area contributed by atoms with Crippen molar-refractivity contribution in [1.82, 2.24) is 0 Å². The lowest BCUT2D eigenvalue weighted by Crippen LogP contribution is -2.19. The fourth-order valence-corrected chi connectivity index (χ4v) is 2.19. The van der Waals surface area contributed by atoms with Crippen LogP contribution in [0, 0.1) is 23.4 Å². The number of carbonyl (C=O) groups excluding carboxylic acids is 1. The topological polar surface area (TPSA) is 80.7 Å². The van der Waals surface area contributed by atoms with E-state index in [1.165, 1.54) is 13.8 Å². The molecule has 0 aromatic heterocycles. The lowest BCUT2D eigenvalue weighted by Gasteiger charge is -2.16. The molecule has 0 aliphatic heterocycles. The van der Waals surface area contributed by atoms with Gasteiger partial charge in [-0.05, 0) is 12.5 Å². The van der Waals surface area contributed by atoms with Gasteiger partial charge in [-0.1, -0.05) is 20.4 Å². The zero-order chi connectivity index (χ0) is 17.4. The first-order chi connectivity index (χ1) is 9.89. The van der Waals surface area contributed by atoms with Gasteiger partial charge >= 0.3 is 16.1 Å². The van der Waals surface area contributed by atoms with Gasteiger partial charge in [0.2, 0.25) is 5.82 Å². The quantitative estimate of drug-likeness (QED) is 0.395. The third-order valence-corrected chi connectivity index (χ3v) is 3.47. The highest BCUT2D eigenvalue weighted by atomic mass is 32.2. The van der Waals surface area contributed by atoms with Gasteiger partial charge in [0.25, 0.3) is 0 Å². The second kappa shape index (κ2) is 6.09. The van der Waals surface area contributed by atoms with Crippen LogP contribution in [0.4, 0.5) is 13.2 Å². The molecule has 0 amide bonds. The molecule has 0 saturated heterocycles. The normalized spacial score (nSPS) is 11.6. The van der Waals surface area contributed by atoms with Gasteiger partial charge < -0.3 is 4.74 Å². The molecule has 0 radical (unpaired) electrons. The molecular formula is C13H13F3O5S. The molecule has 0 unspecified atom stereocenters. The fraction of sp³-hybridized carbons (Fsp3) is 0.308. The monoisotopic (exact) mass is 338 g/mol. The van der Waals surface area contributed by atoms with E-state index in [0.717, 1.165) is 6.92 Å². The van der Waals surface area contributed by atoms with Crippen LogP contribution in [0.15, 0.2) is 11.5 Å². The molecule has 0 aliphatic carbocycles. The van der Waals surface area contributed by atoms with Crippen LogP contribution < -0.4 is 4.74 Å². The number of halogens is 3. The molecule has 5 nitrogen and oxygen atoms in total. The van der Waals surface area contributed by atoms with Gasteiger partial charge in [0.05, 0.1) is 11.5 Å². The average Bonchev–Trinajstić information content (AvgIpc) is 2.33. The van der Waals surface area contributed by atoms with Crippen LogP contribution in [0.2, 0.25) is 0 Å². The van der Waals surface area contributed by atoms with Gasteiger partial charge in [0.1, 0.15) is 0 Å². The van der Waals surface area contributed by atoms with Crippen molar-refractivity contribution in [3.05, 3.63) is 29.6 Å². The van der Waals surface area contributed by atoms with Gasteiger partial charge in [-0.3, -0.25) is 9.35 Å². The Hall–Kier alpha value is -1.87. The van der Waals surface area contributed by atoms with Gasteiger partial charge in [0.15, 0.2) is 22.3 Å². The Morgan fingerprint density at radius 3 is 2.05 bits per heavy atom. The van der Waals surface area contributed by atoms with Crippen molar-refractivity contribution < 1.29 is 35.7 Å². The SMILES string of the molecule is C=C(C)c1c(F)c(S(=O)(=O)O)c(F)c(F)c1OC(=O)C(C)C. The second-order valence-corrected chi connectivity index (χ2v) is 6.16. The number of hydrogen-bond acceptors (Lipinski definition) is 4. The van der Waals surface area contributed by atoms with Crippen molar-refractivity contribution in [2.45, 2.75) is 25.7 Å². The molecule has 0 fully saturated rings. The Labute approximate surface area is 125 Å². The number of rotatable bonds is 4. The third-order valence-electron chi connectivity index (χ3n) is 2.60. The summed E-state index contributed by atoms with van der Waals surface area (Å²) in [5, 5.41) is 0. The lowest BCUT2D eigenvalue weighted by atomic mass is 10.1. The molecule has 0 bridgehead atoms. The molecule has 122 valence electrons. The first-order valence-electron chi connectivity index (χ1n) is 5.95. The van der Waals surface area contributed by atoms with Crippen molar-refractivity contribution in [2.24, 2.45) is 5.92 Å².